The number of nitrogens with one attached hydrogen (secondary N) is 2. The van der Waals surface area contributed by atoms with Crippen molar-refractivity contribution in [3.8, 4) is 0 Å². The van der Waals surface area contributed by atoms with Gasteiger partial charge < -0.3 is 10.6 Å². The predicted molar refractivity (Wildman–Crippen MR) is 84.1 cm³/mol. The molecule has 1 heterocycles. The van der Waals surface area contributed by atoms with Crippen LogP contribution >= 0.6 is 0 Å². The van der Waals surface area contributed by atoms with Gasteiger partial charge in [0.25, 0.3) is 5.91 Å². The lowest BCUT2D eigenvalue weighted by atomic mass is 10.1. The number of carbonyl (C=O) groups excluding carboxylic acids is 1. The number of nitrogens with zero attached hydrogens (tertiary/aromatic N) is 1. The van der Waals surface area contributed by atoms with Crippen LogP contribution < -0.4 is 10.6 Å². The average molecular weight is 277 g/mol. The number of hydrogen-bond acceptors (Lipinski definition) is 3. The lowest BCUT2D eigenvalue weighted by Gasteiger charge is -2.13. The van der Waals surface area contributed by atoms with Crippen LogP contribution in [-0.2, 0) is 0 Å². The Bertz CT molecular complexity index is 389. The molecule has 0 radical (unpaired) electrons. The van der Waals surface area contributed by atoms with Crippen LogP contribution in [0.1, 0.15) is 63.2 Å². The third kappa shape index (κ3) is 6.04. The topological polar surface area (TPSA) is 54.0 Å². The summed E-state index contributed by atoms with van der Waals surface area (Å²) in [6.07, 6.45) is 7.31. The van der Waals surface area contributed by atoms with E-state index in [0.29, 0.717) is 5.56 Å². The Hall–Kier alpha value is -1.58. The van der Waals surface area contributed by atoms with E-state index in [2.05, 4.69) is 36.4 Å². The fourth-order valence-corrected chi connectivity index (χ4v) is 1.97. The van der Waals surface area contributed by atoms with Crippen molar-refractivity contribution in [3.63, 3.8) is 0 Å². The van der Waals surface area contributed by atoms with Gasteiger partial charge in [-0.15, -0.1) is 0 Å². The van der Waals surface area contributed by atoms with Crippen LogP contribution in [0.4, 0.5) is 5.82 Å². The minimum absolute atomic E-state index is 0.0384. The third-order valence-electron chi connectivity index (χ3n) is 3.20. The summed E-state index contributed by atoms with van der Waals surface area (Å²) in [6.45, 7) is 7.24. The Morgan fingerprint density at radius 2 is 2.05 bits per heavy atom. The smallest absolute Gasteiger partial charge is 0.253 e. The summed E-state index contributed by atoms with van der Waals surface area (Å²) in [6, 6.07) is 3.89. The molecule has 0 fully saturated rings. The highest BCUT2D eigenvalue weighted by Crippen LogP contribution is 2.07. The molecule has 20 heavy (non-hydrogen) atoms. The number of pyridine rings is 1. The van der Waals surface area contributed by atoms with Crippen LogP contribution in [0.2, 0.25) is 0 Å². The second kappa shape index (κ2) is 9.34. The number of hydrogen-bond donors (Lipinski definition) is 2. The fourth-order valence-electron chi connectivity index (χ4n) is 1.97. The molecule has 1 amide bonds. The molecule has 1 aromatic heterocycles. The summed E-state index contributed by atoms with van der Waals surface area (Å²) in [5.41, 5.74) is 0.620. The number of unbranched alkanes of at least 4 members (excludes halogenated alkanes) is 2. The molecule has 0 saturated carbocycles. The van der Waals surface area contributed by atoms with Crippen molar-refractivity contribution in [1.82, 2.24) is 10.3 Å². The van der Waals surface area contributed by atoms with Gasteiger partial charge in [-0.3, -0.25) is 4.79 Å². The van der Waals surface area contributed by atoms with E-state index >= 15 is 0 Å². The first-order valence-corrected chi connectivity index (χ1v) is 7.68. The van der Waals surface area contributed by atoms with Gasteiger partial charge >= 0.3 is 0 Å². The zero-order chi connectivity index (χ0) is 14.8. The Kier molecular flexibility index (Phi) is 7.70. The van der Waals surface area contributed by atoms with Gasteiger partial charge in [0.2, 0.25) is 0 Å². The fraction of sp³-hybridized carbons (Fsp3) is 0.625. The highest BCUT2D eigenvalue weighted by Gasteiger charge is 2.09. The Morgan fingerprint density at radius 3 is 2.65 bits per heavy atom. The van der Waals surface area contributed by atoms with Gasteiger partial charge in [0.1, 0.15) is 5.82 Å². The maximum Gasteiger partial charge on any atom is 0.253 e. The van der Waals surface area contributed by atoms with Gasteiger partial charge in [0.15, 0.2) is 0 Å². The number of anilines is 1. The van der Waals surface area contributed by atoms with Crippen LogP contribution in [0, 0.1) is 0 Å². The van der Waals surface area contributed by atoms with Gasteiger partial charge in [0, 0.05) is 18.8 Å². The molecule has 1 rings (SSSR count). The second-order valence-electron chi connectivity index (χ2n) is 5.23. The van der Waals surface area contributed by atoms with E-state index in [0.717, 1.165) is 31.6 Å². The summed E-state index contributed by atoms with van der Waals surface area (Å²) in [5.74, 6) is 0.780. The zero-order valence-corrected chi connectivity index (χ0v) is 12.9. The molecule has 0 saturated heterocycles. The van der Waals surface area contributed by atoms with Crippen LogP contribution in [0.25, 0.3) is 0 Å². The van der Waals surface area contributed by atoms with E-state index in [-0.39, 0.29) is 11.9 Å². The molecule has 112 valence electrons. The Labute approximate surface area is 122 Å². The van der Waals surface area contributed by atoms with Crippen LogP contribution in [-0.4, -0.2) is 23.5 Å². The third-order valence-corrected chi connectivity index (χ3v) is 3.20. The SMILES string of the molecule is CCCCCC(C)NC(=O)c1ccc(NCCC)nc1. The quantitative estimate of drug-likeness (QED) is 0.678. The molecule has 0 bridgehead atoms. The van der Waals surface area contributed by atoms with Crippen molar-refractivity contribution in [3.05, 3.63) is 23.9 Å². The first-order chi connectivity index (χ1) is 9.67. The summed E-state index contributed by atoms with van der Waals surface area (Å²) >= 11 is 0. The molecule has 0 spiro atoms. The predicted octanol–water partition coefficient (Wildman–Crippen LogP) is 3.60. The minimum atomic E-state index is -0.0384. The summed E-state index contributed by atoms with van der Waals surface area (Å²) < 4.78 is 0. The standard InChI is InChI=1S/C16H27N3O/c1-4-6-7-8-13(3)19-16(20)14-9-10-15(18-12-14)17-11-5-2/h9-10,12-13H,4-8,11H2,1-3H3,(H,17,18)(H,19,20). The van der Waals surface area contributed by atoms with Crippen LogP contribution in [0.3, 0.4) is 0 Å². The zero-order valence-electron chi connectivity index (χ0n) is 12.9. The monoisotopic (exact) mass is 277 g/mol. The minimum Gasteiger partial charge on any atom is -0.370 e. The normalized spacial score (nSPS) is 11.9. The number of carbonyl (C=O) groups is 1. The molecule has 1 atom stereocenters. The van der Waals surface area contributed by atoms with E-state index in [1.807, 2.05) is 12.1 Å². The highest BCUT2D eigenvalue weighted by molar-refractivity contribution is 5.94. The molecule has 0 aliphatic carbocycles. The second-order valence-corrected chi connectivity index (χ2v) is 5.23. The molecule has 2 N–H and O–H groups in total. The van der Waals surface area contributed by atoms with Crippen molar-refractivity contribution in [1.29, 1.82) is 0 Å². The van der Waals surface area contributed by atoms with E-state index in [1.54, 1.807) is 6.20 Å². The Balaban J connectivity index is 2.42. The van der Waals surface area contributed by atoms with E-state index in [4.69, 9.17) is 0 Å². The maximum atomic E-state index is 12.0. The van der Waals surface area contributed by atoms with E-state index in [9.17, 15) is 4.79 Å². The van der Waals surface area contributed by atoms with Gasteiger partial charge in [-0.05, 0) is 31.9 Å². The van der Waals surface area contributed by atoms with E-state index < -0.39 is 0 Å². The van der Waals surface area contributed by atoms with Crippen molar-refractivity contribution < 1.29 is 4.79 Å². The van der Waals surface area contributed by atoms with Crippen LogP contribution in [0.5, 0.6) is 0 Å². The van der Waals surface area contributed by atoms with Gasteiger partial charge in [-0.1, -0.05) is 33.1 Å². The largest absolute Gasteiger partial charge is 0.370 e. The number of rotatable bonds is 9. The first kappa shape index (κ1) is 16.5. The van der Waals surface area contributed by atoms with Gasteiger partial charge in [-0.2, -0.15) is 0 Å². The summed E-state index contributed by atoms with van der Waals surface area (Å²) in [4.78, 5) is 16.3. The van der Waals surface area contributed by atoms with Gasteiger partial charge in [-0.25, -0.2) is 4.98 Å². The molecule has 0 aliphatic rings. The maximum absolute atomic E-state index is 12.0. The Morgan fingerprint density at radius 1 is 1.25 bits per heavy atom. The number of amides is 1. The summed E-state index contributed by atoms with van der Waals surface area (Å²) in [7, 11) is 0. The van der Waals surface area contributed by atoms with Crippen molar-refractivity contribution in [2.45, 2.75) is 58.9 Å². The molecule has 1 aromatic rings. The molecular formula is C16H27N3O. The molecule has 1 unspecified atom stereocenters. The first-order valence-electron chi connectivity index (χ1n) is 7.68. The molecule has 0 aromatic carbocycles. The van der Waals surface area contributed by atoms with Crippen molar-refractivity contribution in [2.75, 3.05) is 11.9 Å². The lowest BCUT2D eigenvalue weighted by molar-refractivity contribution is 0.0937. The molecular weight excluding hydrogens is 250 g/mol. The number of aromatic nitrogens is 1. The lowest BCUT2D eigenvalue weighted by Crippen LogP contribution is -2.32. The molecule has 0 aliphatic heterocycles. The van der Waals surface area contributed by atoms with Crippen molar-refractivity contribution >= 4 is 11.7 Å². The molecule has 4 nitrogen and oxygen atoms in total. The van der Waals surface area contributed by atoms with Gasteiger partial charge in [0.05, 0.1) is 5.56 Å². The average Bonchev–Trinajstić information content (AvgIpc) is 2.46. The molecule has 4 heteroatoms. The van der Waals surface area contributed by atoms with Crippen molar-refractivity contribution in [2.24, 2.45) is 0 Å². The summed E-state index contributed by atoms with van der Waals surface area (Å²) in [5, 5.41) is 6.21. The highest BCUT2D eigenvalue weighted by atomic mass is 16.1. The van der Waals surface area contributed by atoms with E-state index in [1.165, 1.54) is 12.8 Å². The van der Waals surface area contributed by atoms with Crippen LogP contribution in [0.15, 0.2) is 18.3 Å².